The summed E-state index contributed by atoms with van der Waals surface area (Å²) in [6.45, 7) is 5.97. The Morgan fingerprint density at radius 3 is 0.757 bits per heavy atom. The van der Waals surface area contributed by atoms with Crippen molar-refractivity contribution in [2.75, 3.05) is 108 Å². The van der Waals surface area contributed by atoms with Gasteiger partial charge in [-0.05, 0) is 121 Å². The predicted molar refractivity (Wildman–Crippen MR) is 273 cm³/mol. The van der Waals surface area contributed by atoms with Gasteiger partial charge in [-0.25, -0.2) is 0 Å². The second-order valence-electron chi connectivity index (χ2n) is 15.8. The number of carbonyl (C=O) groups is 2. The summed E-state index contributed by atoms with van der Waals surface area (Å²) in [4.78, 5) is 22.5. The van der Waals surface area contributed by atoms with E-state index in [-0.39, 0.29) is 0 Å². The molecule has 0 spiro atoms. The maximum absolute atomic E-state index is 11.2. The molecular weight excluding hydrogens is 881 g/mol. The molecule has 0 aromatic heterocycles. The summed E-state index contributed by atoms with van der Waals surface area (Å²) >= 11 is 0. The van der Waals surface area contributed by atoms with Crippen molar-refractivity contribution in [3.63, 3.8) is 0 Å². The van der Waals surface area contributed by atoms with Gasteiger partial charge in [0.25, 0.3) is 0 Å². The zero-order chi connectivity index (χ0) is 49.4. The third kappa shape index (κ3) is 19.4. The van der Waals surface area contributed by atoms with Crippen molar-refractivity contribution in [3.05, 3.63) is 175 Å². The smallest absolute Gasteiger partial charge is 0.150 e. The minimum Gasteiger partial charge on any atom is -0.382 e. The lowest BCUT2D eigenvalue weighted by Gasteiger charge is -2.12. The molecule has 0 aliphatic rings. The fraction of sp³-hybridized carbons (Fsp3) is 0.333. The summed E-state index contributed by atoms with van der Waals surface area (Å²) < 4.78 is 44.2. The van der Waals surface area contributed by atoms with Crippen molar-refractivity contribution in [1.29, 1.82) is 0 Å². The van der Waals surface area contributed by atoms with E-state index in [1.54, 1.807) is 52.7 Å². The van der Waals surface area contributed by atoms with E-state index in [1.807, 2.05) is 48.5 Å². The molecule has 5 aromatic rings. The number of ether oxygens (including phenoxy) is 8. The van der Waals surface area contributed by atoms with Crippen LogP contribution in [0.2, 0.25) is 0 Å². The molecule has 0 atom stereocenters. The monoisotopic (exact) mass is 942 g/mol. The van der Waals surface area contributed by atoms with Crippen molar-refractivity contribution in [1.82, 2.24) is 0 Å². The summed E-state index contributed by atoms with van der Waals surface area (Å²) in [5.74, 6) is 27.0. The first-order chi connectivity index (χ1) is 34.5. The molecule has 0 radical (unpaired) electrons. The summed E-state index contributed by atoms with van der Waals surface area (Å²) in [6, 6.07) is 30.8. The van der Waals surface area contributed by atoms with E-state index in [0.29, 0.717) is 116 Å². The van der Waals surface area contributed by atoms with Gasteiger partial charge < -0.3 is 37.9 Å². The molecule has 0 saturated carbocycles. The zero-order valence-electron chi connectivity index (χ0n) is 40.8. The SMILES string of the molecule is COCCOCCc1cc(C#Cc2ccc(C=O)cc2)c(CCOCCOC)cc1C#Cc1ccc(C#Cc2cc(CCOCCOC)c(C#Cc3ccc(C=O)cc3)cc2CCOCCOC)cc1. The molecule has 10 heteroatoms. The van der Waals surface area contributed by atoms with Crippen LogP contribution in [0.5, 0.6) is 0 Å². The van der Waals surface area contributed by atoms with Crippen LogP contribution in [-0.2, 0) is 63.6 Å². The maximum atomic E-state index is 11.2. The molecule has 70 heavy (non-hydrogen) atoms. The number of carbonyl (C=O) groups excluding carboxylic acids is 2. The Balaban J connectivity index is 1.46. The van der Waals surface area contributed by atoms with Crippen molar-refractivity contribution < 1.29 is 47.5 Å². The molecule has 0 heterocycles. The highest BCUT2D eigenvalue weighted by molar-refractivity contribution is 5.75. The fourth-order valence-corrected chi connectivity index (χ4v) is 6.86. The van der Waals surface area contributed by atoms with Crippen molar-refractivity contribution in [2.24, 2.45) is 0 Å². The molecule has 0 unspecified atom stereocenters. The van der Waals surface area contributed by atoms with Gasteiger partial charge >= 0.3 is 0 Å². The molecule has 0 amide bonds. The Hall–Kier alpha value is -6.64. The van der Waals surface area contributed by atoms with Crippen LogP contribution in [0.3, 0.4) is 0 Å². The topological polar surface area (TPSA) is 108 Å². The van der Waals surface area contributed by atoms with Gasteiger partial charge in [-0.15, -0.1) is 0 Å². The Kier molecular flexibility index (Phi) is 25.0. The zero-order valence-corrected chi connectivity index (χ0v) is 40.8. The van der Waals surface area contributed by atoms with E-state index in [2.05, 4.69) is 71.6 Å². The third-order valence-corrected chi connectivity index (χ3v) is 10.8. The van der Waals surface area contributed by atoms with Crippen LogP contribution in [0.15, 0.2) is 97.1 Å². The van der Waals surface area contributed by atoms with E-state index in [9.17, 15) is 9.59 Å². The highest BCUT2D eigenvalue weighted by atomic mass is 16.5. The summed E-state index contributed by atoms with van der Waals surface area (Å²) in [6.07, 6.45) is 4.16. The molecule has 5 rings (SSSR count). The number of hydrogen-bond acceptors (Lipinski definition) is 10. The van der Waals surface area contributed by atoms with Gasteiger partial charge in [-0.1, -0.05) is 71.6 Å². The Bertz CT molecular complexity index is 2470. The maximum Gasteiger partial charge on any atom is 0.150 e. The molecule has 0 bridgehead atoms. The Labute approximate surface area is 414 Å². The predicted octanol–water partition coefficient (Wildman–Crippen LogP) is 7.73. The summed E-state index contributed by atoms with van der Waals surface area (Å²) in [5.41, 5.74) is 12.1. The van der Waals surface area contributed by atoms with Crippen LogP contribution in [0, 0.1) is 47.4 Å². The highest BCUT2D eigenvalue weighted by Gasteiger charge is 2.12. The molecule has 362 valence electrons. The van der Waals surface area contributed by atoms with Crippen molar-refractivity contribution in [3.8, 4) is 47.4 Å². The van der Waals surface area contributed by atoms with E-state index in [4.69, 9.17) is 37.9 Å². The first-order valence-corrected chi connectivity index (χ1v) is 23.3. The molecule has 0 N–H and O–H groups in total. The van der Waals surface area contributed by atoms with Gasteiger partial charge in [-0.2, -0.15) is 0 Å². The third-order valence-electron chi connectivity index (χ3n) is 10.8. The standard InChI is InChI=1S/C60H62O10/c1-63-33-37-67-29-25-57-43-55(23-19-49-9-13-51(45-61)14-10-49)59(27-31-69-39-35-65-3)41-53(57)21-17-47-5-7-48(8-6-47)18-22-54-42-60(28-32-70-40-36-66-4)56(44-58(54)26-30-68-38-34-64-2)24-20-50-11-15-52(46-62)16-12-50/h5-16,41-46H,25-40H2,1-4H3. The Morgan fingerprint density at radius 1 is 0.314 bits per heavy atom. The lowest BCUT2D eigenvalue weighted by atomic mass is 9.94. The highest BCUT2D eigenvalue weighted by Crippen LogP contribution is 2.21. The van der Waals surface area contributed by atoms with Gasteiger partial charge in [0.05, 0.1) is 79.3 Å². The lowest BCUT2D eigenvalue weighted by Crippen LogP contribution is -2.08. The molecule has 5 aromatic carbocycles. The van der Waals surface area contributed by atoms with Crippen molar-refractivity contribution in [2.45, 2.75) is 25.7 Å². The van der Waals surface area contributed by atoms with Crippen LogP contribution >= 0.6 is 0 Å². The minimum absolute atomic E-state index is 0.490. The van der Waals surface area contributed by atoms with Crippen molar-refractivity contribution >= 4 is 12.6 Å². The normalized spacial score (nSPS) is 10.5. The molecular formula is C60H62O10. The van der Waals surface area contributed by atoms with Gasteiger partial charge in [0, 0.05) is 84.1 Å². The number of benzene rings is 5. The largest absolute Gasteiger partial charge is 0.382 e. The molecule has 10 nitrogen and oxygen atoms in total. The lowest BCUT2D eigenvalue weighted by molar-refractivity contribution is 0.0720. The molecule has 0 aliphatic heterocycles. The molecule has 0 saturated heterocycles. The average molecular weight is 943 g/mol. The first kappa shape index (κ1) is 54.3. The van der Waals surface area contributed by atoms with E-state index < -0.39 is 0 Å². The average Bonchev–Trinajstić information content (AvgIpc) is 3.39. The van der Waals surface area contributed by atoms with Gasteiger partial charge in [-0.3, -0.25) is 9.59 Å². The number of aldehydes is 2. The van der Waals surface area contributed by atoms with E-state index >= 15 is 0 Å². The quantitative estimate of drug-likeness (QED) is 0.0311. The van der Waals surface area contributed by atoms with Crippen LogP contribution in [0.1, 0.15) is 87.5 Å². The van der Waals surface area contributed by atoms with Gasteiger partial charge in [0.1, 0.15) is 12.6 Å². The molecule has 0 fully saturated rings. The number of hydrogen-bond donors (Lipinski definition) is 0. The van der Waals surface area contributed by atoms with Crippen LogP contribution < -0.4 is 0 Å². The van der Waals surface area contributed by atoms with E-state index in [1.165, 1.54) is 0 Å². The minimum atomic E-state index is 0.490. The van der Waals surface area contributed by atoms with Crippen LogP contribution in [0.25, 0.3) is 0 Å². The second kappa shape index (κ2) is 32.2. The fourth-order valence-electron chi connectivity index (χ4n) is 6.86. The summed E-state index contributed by atoms with van der Waals surface area (Å²) in [7, 11) is 6.62. The van der Waals surface area contributed by atoms with Gasteiger partial charge in [0.15, 0.2) is 0 Å². The number of methoxy groups -OCH3 is 4. The van der Waals surface area contributed by atoms with Crippen LogP contribution in [0.4, 0.5) is 0 Å². The van der Waals surface area contributed by atoms with E-state index in [0.717, 1.165) is 79.3 Å². The van der Waals surface area contributed by atoms with Gasteiger partial charge in [0.2, 0.25) is 0 Å². The number of rotatable bonds is 26. The first-order valence-electron chi connectivity index (χ1n) is 23.3. The summed E-state index contributed by atoms with van der Waals surface area (Å²) in [5, 5.41) is 0. The van der Waals surface area contributed by atoms with Crippen LogP contribution in [-0.4, -0.2) is 120 Å². The second-order valence-corrected chi connectivity index (χ2v) is 15.8. The Morgan fingerprint density at radius 2 is 0.543 bits per heavy atom. The molecule has 0 aliphatic carbocycles.